The number of sulfone groups is 1. The number of anilines is 1. The molecular weight excluding hydrogens is 452 g/mol. The number of nitrogens with one attached hydrogen (secondary N) is 2. The van der Waals surface area contributed by atoms with Crippen molar-refractivity contribution in [1.82, 2.24) is 5.32 Å². The molecule has 0 radical (unpaired) electrons. The van der Waals surface area contributed by atoms with E-state index in [0.717, 1.165) is 11.1 Å². The summed E-state index contributed by atoms with van der Waals surface area (Å²) in [6, 6.07) is 20.9. The van der Waals surface area contributed by atoms with Crippen LogP contribution in [0.5, 0.6) is 5.75 Å². The molecule has 1 unspecified atom stereocenters. The van der Waals surface area contributed by atoms with Crippen LogP contribution in [0, 0.1) is 0 Å². The first kappa shape index (κ1) is 23.5. The number of aryl methyl sites for hydroxylation is 1. The summed E-state index contributed by atoms with van der Waals surface area (Å²) in [5.74, 6) is -0.971. The average Bonchev–Trinajstić information content (AvgIpc) is 2.86. The van der Waals surface area contributed by atoms with Gasteiger partial charge in [-0.05, 0) is 53.4 Å². The summed E-state index contributed by atoms with van der Waals surface area (Å²) in [6.45, 7) is 0.269. The Morgan fingerprint density at radius 3 is 2.47 bits per heavy atom. The Hall–Kier alpha value is -3.65. The van der Waals surface area contributed by atoms with E-state index in [1.54, 1.807) is 55.6 Å². The van der Waals surface area contributed by atoms with Crippen LogP contribution in [-0.4, -0.2) is 33.1 Å². The highest BCUT2D eigenvalue weighted by atomic mass is 32.2. The molecule has 0 bridgehead atoms. The van der Waals surface area contributed by atoms with Gasteiger partial charge in [0.2, 0.25) is 11.8 Å². The van der Waals surface area contributed by atoms with Crippen molar-refractivity contribution in [3.05, 3.63) is 89.5 Å². The number of carbonyl (C=O) groups is 2. The first-order valence-corrected chi connectivity index (χ1v) is 12.6. The predicted molar refractivity (Wildman–Crippen MR) is 129 cm³/mol. The Morgan fingerprint density at radius 2 is 1.76 bits per heavy atom. The lowest BCUT2D eigenvalue weighted by Crippen LogP contribution is -2.33. The van der Waals surface area contributed by atoms with Gasteiger partial charge in [-0.3, -0.25) is 9.59 Å². The van der Waals surface area contributed by atoms with Crippen LogP contribution in [0.4, 0.5) is 5.69 Å². The lowest BCUT2D eigenvalue weighted by molar-refractivity contribution is -0.122. The Balaban J connectivity index is 1.55. The number of benzene rings is 3. The SMILES string of the molecule is COc1ccc(CNC(=O)C(CS(=O)(=O)c2ccc3c(c2)CCC(=O)N3)c2ccccc2)cc1. The summed E-state index contributed by atoms with van der Waals surface area (Å²) in [4.78, 5) is 24.9. The van der Waals surface area contributed by atoms with Crippen LogP contribution in [0.15, 0.2) is 77.7 Å². The first-order chi connectivity index (χ1) is 16.4. The summed E-state index contributed by atoms with van der Waals surface area (Å²) >= 11 is 0. The van der Waals surface area contributed by atoms with Crippen LogP contribution in [0.1, 0.15) is 29.0 Å². The second-order valence-electron chi connectivity index (χ2n) is 8.18. The fraction of sp³-hybridized carbons (Fsp3) is 0.231. The highest BCUT2D eigenvalue weighted by Gasteiger charge is 2.29. The molecule has 0 saturated heterocycles. The minimum absolute atomic E-state index is 0.0826. The zero-order valence-electron chi connectivity index (χ0n) is 18.8. The zero-order chi connectivity index (χ0) is 24.1. The molecule has 1 aliphatic heterocycles. The van der Waals surface area contributed by atoms with Crippen LogP contribution in [-0.2, 0) is 32.4 Å². The van der Waals surface area contributed by atoms with Crippen LogP contribution in [0.2, 0.25) is 0 Å². The van der Waals surface area contributed by atoms with Gasteiger partial charge in [-0.15, -0.1) is 0 Å². The topological polar surface area (TPSA) is 102 Å². The standard InChI is InChI=1S/C26H26N2O5S/c1-33-21-10-7-18(8-11-21)16-27-26(30)23(19-5-3-2-4-6-19)17-34(31,32)22-12-13-24-20(15-22)9-14-25(29)28-24/h2-8,10-13,15,23H,9,14,16-17H2,1H3,(H,27,30)(H,28,29). The molecule has 0 aliphatic carbocycles. The minimum atomic E-state index is -3.78. The number of hydrogen-bond acceptors (Lipinski definition) is 5. The average molecular weight is 479 g/mol. The number of amides is 2. The third-order valence-corrected chi connectivity index (χ3v) is 7.61. The Bertz CT molecular complexity index is 1290. The van der Waals surface area contributed by atoms with Gasteiger partial charge in [0.15, 0.2) is 9.84 Å². The minimum Gasteiger partial charge on any atom is -0.497 e. The first-order valence-electron chi connectivity index (χ1n) is 11.0. The van der Waals surface area contributed by atoms with Crippen LogP contribution < -0.4 is 15.4 Å². The molecule has 8 heteroatoms. The van der Waals surface area contributed by atoms with E-state index >= 15 is 0 Å². The van der Waals surface area contributed by atoms with Crippen molar-refractivity contribution in [3.8, 4) is 5.75 Å². The van der Waals surface area contributed by atoms with E-state index in [9.17, 15) is 18.0 Å². The normalized spacial score (nSPS) is 14.0. The van der Waals surface area contributed by atoms with Gasteiger partial charge >= 0.3 is 0 Å². The highest BCUT2D eigenvalue weighted by molar-refractivity contribution is 7.91. The summed E-state index contributed by atoms with van der Waals surface area (Å²) in [7, 11) is -2.20. The second-order valence-corrected chi connectivity index (χ2v) is 10.2. The zero-order valence-corrected chi connectivity index (χ0v) is 19.6. The van der Waals surface area contributed by atoms with Crippen molar-refractivity contribution in [2.45, 2.75) is 30.2 Å². The quantitative estimate of drug-likeness (QED) is 0.516. The maximum Gasteiger partial charge on any atom is 0.228 e. The van der Waals surface area contributed by atoms with Gasteiger partial charge in [0.05, 0.1) is 23.7 Å². The molecule has 4 rings (SSSR count). The van der Waals surface area contributed by atoms with Crippen molar-refractivity contribution < 1.29 is 22.7 Å². The van der Waals surface area contributed by atoms with E-state index in [2.05, 4.69) is 10.6 Å². The van der Waals surface area contributed by atoms with Gasteiger partial charge in [-0.1, -0.05) is 42.5 Å². The Morgan fingerprint density at radius 1 is 1.03 bits per heavy atom. The monoisotopic (exact) mass is 478 g/mol. The number of methoxy groups -OCH3 is 1. The van der Waals surface area contributed by atoms with Crippen LogP contribution >= 0.6 is 0 Å². The largest absolute Gasteiger partial charge is 0.497 e. The maximum atomic E-state index is 13.3. The summed E-state index contributed by atoms with van der Waals surface area (Å²) in [5, 5.41) is 5.63. The molecule has 3 aromatic carbocycles. The molecule has 0 spiro atoms. The summed E-state index contributed by atoms with van der Waals surface area (Å²) in [6.07, 6.45) is 0.798. The lowest BCUT2D eigenvalue weighted by atomic mass is 10.00. The van der Waals surface area contributed by atoms with Crippen LogP contribution in [0.25, 0.3) is 0 Å². The maximum absolute atomic E-state index is 13.3. The number of ether oxygens (including phenoxy) is 1. The highest BCUT2D eigenvalue weighted by Crippen LogP contribution is 2.28. The fourth-order valence-corrected chi connectivity index (χ4v) is 5.51. The molecule has 0 fully saturated rings. The predicted octanol–water partition coefficient (Wildman–Crippen LogP) is 3.45. The van der Waals surface area contributed by atoms with E-state index in [1.165, 1.54) is 6.07 Å². The fourth-order valence-electron chi connectivity index (χ4n) is 3.93. The summed E-state index contributed by atoms with van der Waals surface area (Å²) < 4.78 is 31.8. The molecule has 2 amide bonds. The van der Waals surface area contributed by atoms with E-state index in [4.69, 9.17) is 4.74 Å². The van der Waals surface area contributed by atoms with Crippen molar-refractivity contribution in [2.75, 3.05) is 18.2 Å². The van der Waals surface area contributed by atoms with Gasteiger partial charge in [0.25, 0.3) is 0 Å². The molecule has 1 aliphatic rings. The molecule has 7 nitrogen and oxygen atoms in total. The number of fused-ring (bicyclic) bond motifs is 1. The van der Waals surface area contributed by atoms with Crippen molar-refractivity contribution in [3.63, 3.8) is 0 Å². The van der Waals surface area contributed by atoms with Gasteiger partial charge in [-0.2, -0.15) is 0 Å². The van der Waals surface area contributed by atoms with Crippen LogP contribution in [0.3, 0.4) is 0 Å². The lowest BCUT2D eigenvalue weighted by Gasteiger charge is -2.20. The van der Waals surface area contributed by atoms with Crippen molar-refractivity contribution in [1.29, 1.82) is 0 Å². The number of rotatable bonds is 8. The van der Waals surface area contributed by atoms with Gasteiger partial charge < -0.3 is 15.4 Å². The Kier molecular flexibility index (Phi) is 6.98. The molecule has 0 saturated carbocycles. The van der Waals surface area contributed by atoms with Gasteiger partial charge in [0, 0.05) is 18.7 Å². The molecule has 176 valence electrons. The molecule has 1 heterocycles. The van der Waals surface area contributed by atoms with E-state index in [1.807, 2.05) is 18.2 Å². The van der Waals surface area contributed by atoms with E-state index in [0.29, 0.717) is 29.8 Å². The number of carbonyl (C=O) groups excluding carboxylic acids is 2. The van der Waals surface area contributed by atoms with E-state index in [-0.39, 0.29) is 29.0 Å². The molecule has 1 atom stereocenters. The second kappa shape index (κ2) is 10.1. The molecule has 2 N–H and O–H groups in total. The molecule has 3 aromatic rings. The summed E-state index contributed by atoms with van der Waals surface area (Å²) in [5.41, 5.74) is 2.91. The van der Waals surface area contributed by atoms with Gasteiger partial charge in [0.1, 0.15) is 5.75 Å². The Labute approximate surface area is 199 Å². The molecular formula is C26H26N2O5S. The van der Waals surface area contributed by atoms with Crippen molar-refractivity contribution >= 4 is 27.3 Å². The molecule has 0 aromatic heterocycles. The smallest absolute Gasteiger partial charge is 0.228 e. The van der Waals surface area contributed by atoms with Gasteiger partial charge in [-0.25, -0.2) is 8.42 Å². The van der Waals surface area contributed by atoms with Crippen molar-refractivity contribution in [2.24, 2.45) is 0 Å². The number of hydrogen-bond donors (Lipinski definition) is 2. The third-order valence-electron chi connectivity index (χ3n) is 5.86. The third kappa shape index (κ3) is 5.46. The van der Waals surface area contributed by atoms with E-state index < -0.39 is 15.8 Å². The molecule has 34 heavy (non-hydrogen) atoms.